The average Bonchev–Trinajstić information content (AvgIpc) is 3.81. The first kappa shape index (κ1) is 33.5. The van der Waals surface area contributed by atoms with Crippen molar-refractivity contribution in [1.82, 2.24) is 4.90 Å². The number of alkyl halides is 6. The van der Waals surface area contributed by atoms with Crippen LogP contribution in [0.1, 0.15) is 86.1 Å². The van der Waals surface area contributed by atoms with E-state index in [4.69, 9.17) is 10.7 Å². The van der Waals surface area contributed by atoms with Gasteiger partial charge in [-0.25, -0.2) is 4.99 Å². The van der Waals surface area contributed by atoms with Crippen molar-refractivity contribution < 1.29 is 31.1 Å². The van der Waals surface area contributed by atoms with Gasteiger partial charge in [-0.05, 0) is 79.2 Å². The highest BCUT2D eigenvalue weighted by Gasteiger charge is 2.37. The van der Waals surface area contributed by atoms with Crippen LogP contribution in [-0.4, -0.2) is 42.3 Å². The van der Waals surface area contributed by atoms with Crippen LogP contribution in [0.5, 0.6) is 0 Å². The summed E-state index contributed by atoms with van der Waals surface area (Å²) in [7, 11) is 0. The smallest absolute Gasteiger partial charge is 0.337 e. The lowest BCUT2D eigenvalue weighted by Gasteiger charge is -2.33. The van der Waals surface area contributed by atoms with Crippen LogP contribution in [0.3, 0.4) is 0 Å². The number of piperidine rings is 1. The Morgan fingerprint density at radius 3 is 2.30 bits per heavy atom. The molecule has 0 unspecified atom stereocenters. The van der Waals surface area contributed by atoms with E-state index in [1.54, 1.807) is 17.9 Å². The number of likely N-dealkylation sites (tertiary alicyclic amines) is 1. The van der Waals surface area contributed by atoms with Crippen molar-refractivity contribution in [2.24, 2.45) is 16.6 Å². The molecule has 0 radical (unpaired) electrons. The highest BCUT2D eigenvalue weighted by molar-refractivity contribution is 6.06. The second-order valence-corrected chi connectivity index (χ2v) is 11.6. The molecule has 2 fully saturated rings. The number of carbonyl (C=O) groups excluding carboxylic acids is 1. The fourth-order valence-corrected chi connectivity index (χ4v) is 5.87. The quantitative estimate of drug-likeness (QED) is 0.165. The fraction of sp³-hybridized carbons (Fsp3) is 0.471. The van der Waals surface area contributed by atoms with Crippen LogP contribution in [0.2, 0.25) is 0 Å². The zero-order valence-corrected chi connectivity index (χ0v) is 25.1. The van der Waals surface area contributed by atoms with Gasteiger partial charge in [-0.1, -0.05) is 61.9 Å². The topological polar surface area (TPSA) is 58.7 Å². The third-order valence-electron chi connectivity index (χ3n) is 8.26. The van der Waals surface area contributed by atoms with Gasteiger partial charge in [0.15, 0.2) is 0 Å². The number of nitrogens with two attached hydrogens (primary N) is 1. The Morgan fingerprint density at radius 1 is 1.02 bits per heavy atom. The molecule has 0 atom stereocenters. The van der Waals surface area contributed by atoms with Crippen molar-refractivity contribution in [3.63, 3.8) is 0 Å². The second-order valence-electron chi connectivity index (χ2n) is 11.6. The van der Waals surface area contributed by atoms with E-state index in [0.29, 0.717) is 29.7 Å². The van der Waals surface area contributed by atoms with Crippen LogP contribution >= 0.6 is 0 Å². The summed E-state index contributed by atoms with van der Waals surface area (Å²) in [5, 5.41) is 0. The van der Waals surface area contributed by atoms with Crippen molar-refractivity contribution in [2.45, 2.75) is 77.1 Å². The molecule has 0 bridgehead atoms. The van der Waals surface area contributed by atoms with Gasteiger partial charge in [0.2, 0.25) is 0 Å². The number of nitrogens with zero attached hydrogens (tertiary/aromatic N) is 2. The number of hydrogen-bond donors (Lipinski definition) is 1. The van der Waals surface area contributed by atoms with Crippen LogP contribution in [-0.2, 0) is 17.4 Å². The number of rotatable bonds is 10. The summed E-state index contributed by atoms with van der Waals surface area (Å²) in [6, 6.07) is 11.2. The second kappa shape index (κ2) is 14.1. The van der Waals surface area contributed by atoms with Gasteiger partial charge in [-0.3, -0.25) is 4.79 Å². The molecule has 44 heavy (non-hydrogen) atoms. The third kappa shape index (κ3) is 8.61. The standard InChI is InChI=1S/C34H39F6N3O/c1-3-7-23-11-14-27(26(20-23)8-6-17-33(35,36)37)22(2)42-31(29(21-41)24-12-13-24)32(44)43-18-15-25(16-19-43)28-9-4-5-10-30(28)34(38,39)40/h4-6,8-11,14,20,24-25H,3,7,12-13,15-19,21,41H2,1-2H3/b8-6-,31-29-,42-22?. The van der Waals surface area contributed by atoms with Crippen LogP contribution in [0, 0.1) is 5.92 Å². The minimum atomic E-state index is -4.46. The molecule has 0 aromatic heterocycles. The molecule has 4 rings (SSSR count). The molecule has 1 aliphatic carbocycles. The van der Waals surface area contributed by atoms with Gasteiger partial charge in [0.25, 0.3) is 5.91 Å². The summed E-state index contributed by atoms with van der Waals surface area (Å²) < 4.78 is 79.5. The van der Waals surface area contributed by atoms with Crippen molar-refractivity contribution in [3.05, 3.63) is 87.6 Å². The first-order chi connectivity index (χ1) is 20.8. The molecule has 1 amide bonds. The maximum Gasteiger partial charge on any atom is 0.416 e. The molecule has 2 aromatic carbocycles. The summed E-state index contributed by atoms with van der Waals surface area (Å²) in [5.74, 6) is -0.527. The molecule has 2 aliphatic rings. The molecule has 2 N–H and O–H groups in total. The van der Waals surface area contributed by atoms with Gasteiger partial charge in [-0.2, -0.15) is 26.3 Å². The van der Waals surface area contributed by atoms with Gasteiger partial charge < -0.3 is 10.6 Å². The van der Waals surface area contributed by atoms with Gasteiger partial charge in [0.1, 0.15) is 5.70 Å². The third-order valence-corrected chi connectivity index (χ3v) is 8.26. The van der Waals surface area contributed by atoms with Gasteiger partial charge in [0, 0.05) is 30.9 Å². The first-order valence-corrected chi connectivity index (χ1v) is 15.1. The normalized spacial score (nSPS) is 17.8. The molecule has 238 valence electrons. The summed E-state index contributed by atoms with van der Waals surface area (Å²) in [5.41, 5.74) is 9.34. The minimum Gasteiger partial charge on any atom is -0.337 e. The first-order valence-electron chi connectivity index (χ1n) is 15.1. The predicted molar refractivity (Wildman–Crippen MR) is 161 cm³/mol. The van der Waals surface area contributed by atoms with E-state index in [9.17, 15) is 31.1 Å². The Morgan fingerprint density at radius 2 is 1.70 bits per heavy atom. The van der Waals surface area contributed by atoms with Crippen LogP contribution in [0.4, 0.5) is 26.3 Å². The maximum absolute atomic E-state index is 14.0. The summed E-state index contributed by atoms with van der Waals surface area (Å²) in [6.45, 7) is 4.42. The van der Waals surface area contributed by atoms with E-state index in [-0.39, 0.29) is 48.6 Å². The molecule has 1 saturated carbocycles. The molecular formula is C34H39F6N3O. The molecule has 2 aromatic rings. The summed E-state index contributed by atoms with van der Waals surface area (Å²) in [6.07, 6.45) is -3.16. The van der Waals surface area contributed by atoms with Crippen molar-refractivity contribution >= 4 is 17.7 Å². The fourth-order valence-electron chi connectivity index (χ4n) is 5.87. The molecule has 0 spiro atoms. The van der Waals surface area contributed by atoms with Crippen molar-refractivity contribution in [3.8, 4) is 0 Å². The Bertz CT molecular complexity index is 1410. The summed E-state index contributed by atoms with van der Waals surface area (Å²) in [4.78, 5) is 20.4. The van der Waals surface area contributed by atoms with E-state index < -0.39 is 24.3 Å². The van der Waals surface area contributed by atoms with Crippen LogP contribution in [0.25, 0.3) is 6.08 Å². The number of amides is 1. The number of allylic oxidation sites excluding steroid dienone is 1. The zero-order chi connectivity index (χ0) is 32.1. The lowest BCUT2D eigenvalue weighted by Crippen LogP contribution is -2.39. The molecule has 1 heterocycles. The van der Waals surface area contributed by atoms with E-state index in [1.807, 2.05) is 25.1 Å². The largest absolute Gasteiger partial charge is 0.416 e. The average molecular weight is 620 g/mol. The van der Waals surface area contributed by atoms with Gasteiger partial charge >= 0.3 is 12.4 Å². The van der Waals surface area contributed by atoms with Crippen LogP contribution < -0.4 is 5.73 Å². The zero-order valence-electron chi connectivity index (χ0n) is 25.1. The molecule has 4 nitrogen and oxygen atoms in total. The SMILES string of the molecule is CCCc1ccc(C(C)=N/C(C(=O)N2CCC(c3ccccc3C(F)(F)F)CC2)=C(/CN)C2CC2)c(/C=C\CC(F)(F)F)c1. The molecule has 1 aliphatic heterocycles. The highest BCUT2D eigenvalue weighted by Crippen LogP contribution is 2.40. The number of aryl methyl sites for hydroxylation is 1. The summed E-state index contributed by atoms with van der Waals surface area (Å²) >= 11 is 0. The highest BCUT2D eigenvalue weighted by atomic mass is 19.4. The minimum absolute atomic E-state index is 0.129. The number of aliphatic imine (C=N–C) groups is 1. The lowest BCUT2D eigenvalue weighted by atomic mass is 9.86. The Balaban J connectivity index is 1.63. The van der Waals surface area contributed by atoms with Gasteiger partial charge in [0.05, 0.1) is 12.0 Å². The molecular weight excluding hydrogens is 580 g/mol. The Kier molecular flexibility index (Phi) is 10.8. The Labute approximate surface area is 254 Å². The number of halogens is 6. The number of carbonyl (C=O) groups is 1. The van der Waals surface area contributed by atoms with Crippen molar-refractivity contribution in [2.75, 3.05) is 19.6 Å². The van der Waals surface area contributed by atoms with Crippen LogP contribution in [0.15, 0.2) is 64.8 Å². The number of hydrogen-bond acceptors (Lipinski definition) is 3. The van der Waals surface area contributed by atoms with Gasteiger partial charge in [-0.15, -0.1) is 0 Å². The number of benzene rings is 2. The lowest BCUT2D eigenvalue weighted by molar-refractivity contribution is -0.138. The van der Waals surface area contributed by atoms with E-state index >= 15 is 0 Å². The van der Waals surface area contributed by atoms with Crippen molar-refractivity contribution in [1.29, 1.82) is 0 Å². The predicted octanol–water partition coefficient (Wildman–Crippen LogP) is 8.46. The van der Waals surface area contributed by atoms with E-state index in [1.165, 1.54) is 18.2 Å². The molecule has 1 saturated heterocycles. The Hall–Kier alpha value is -3.40. The van der Waals surface area contributed by atoms with E-state index in [0.717, 1.165) is 49.0 Å². The van der Waals surface area contributed by atoms with E-state index in [2.05, 4.69) is 0 Å². The maximum atomic E-state index is 14.0. The monoisotopic (exact) mass is 619 g/mol. The molecule has 10 heteroatoms.